The van der Waals surface area contributed by atoms with E-state index in [1.165, 1.54) is 0 Å². The summed E-state index contributed by atoms with van der Waals surface area (Å²) in [7, 11) is 4.47. The Kier molecular flexibility index (Phi) is 14.0. The number of carbonyl (C=O) groups is 4. The minimum Gasteiger partial charge on any atom is 0 e. The van der Waals surface area contributed by atoms with Crippen molar-refractivity contribution in [1.82, 2.24) is 0 Å². The fourth-order valence-electron chi connectivity index (χ4n) is 5.31. The summed E-state index contributed by atoms with van der Waals surface area (Å²) < 4.78 is 20.8. The first kappa shape index (κ1) is 39.3. The molecule has 0 unspecified atom stereocenters. The molecule has 1 atom stereocenters. The summed E-state index contributed by atoms with van der Waals surface area (Å²) in [4.78, 5) is 47.1. The largest absolute Gasteiger partial charge is 0 e. The van der Waals surface area contributed by atoms with E-state index in [4.69, 9.17) is 13.9 Å². The molecule has 0 aromatic carbocycles. The zero-order valence-corrected chi connectivity index (χ0v) is 34.6. The van der Waals surface area contributed by atoms with Crippen LogP contribution in [0.15, 0.2) is 61.3 Å². The van der Waals surface area contributed by atoms with Crippen LogP contribution in [0.4, 0.5) is 0 Å². The van der Waals surface area contributed by atoms with Crippen molar-refractivity contribution in [3.63, 3.8) is 0 Å². The molecule has 1 aromatic rings. The van der Waals surface area contributed by atoms with E-state index in [-0.39, 0.29) is 60.8 Å². The topological polar surface area (TPSA) is 109 Å². The summed E-state index contributed by atoms with van der Waals surface area (Å²) in [6.45, 7) is 16.7. The molecule has 3 aliphatic heterocycles. The molecule has 8 nitrogen and oxygen atoms in total. The third kappa shape index (κ3) is 7.20. The molecule has 4 heterocycles. The normalized spacial score (nSPS) is 22.3. The van der Waals surface area contributed by atoms with Crippen LogP contribution < -0.4 is 0 Å². The van der Waals surface area contributed by atoms with Gasteiger partial charge in [-0.3, -0.25) is 0 Å². The summed E-state index contributed by atoms with van der Waals surface area (Å²) in [5, 5.41) is 0. The van der Waals surface area contributed by atoms with Gasteiger partial charge in [0.1, 0.15) is 17.1 Å². The van der Waals surface area contributed by atoms with E-state index in [9.17, 15) is 19.2 Å². The second kappa shape index (κ2) is 15.0. The zero-order valence-electron chi connectivity index (χ0n) is 24.7. The first-order chi connectivity index (χ1) is 18.5. The second-order valence-electron chi connectivity index (χ2n) is 10.5. The maximum atomic E-state index is 12.0. The maximum Gasteiger partial charge on any atom is 0 e. The fourth-order valence-corrected chi connectivity index (χ4v) is 5.31. The molecule has 1 saturated heterocycles. The van der Waals surface area contributed by atoms with Gasteiger partial charge in [-0.15, -0.1) is 0 Å². The van der Waals surface area contributed by atoms with Gasteiger partial charge in [0.15, 0.2) is 0 Å². The number of allylic oxidation sites excluding steroid dienone is 2. The van der Waals surface area contributed by atoms with Gasteiger partial charge >= 0.3 is 65.3 Å². The number of cyclic esters (lactones) is 4. The Bertz CT molecular complexity index is 1530. The number of hydrogen-bond donors (Lipinski definition) is 0. The van der Waals surface area contributed by atoms with Crippen LogP contribution in [0.1, 0.15) is 65.6 Å². The number of ether oxygens (including phenoxy) is 3. The Balaban J connectivity index is 0.000000369. The number of esters is 4. The minimum atomic E-state index is -0.635. The number of rotatable bonds is 1. The standard InChI is InChI=1S/C15H16O4.C14H14O4.HI.S.U.2V/c1-7-6-9-8(2)10-11(13(17)18-12(10)16)14(3,4)15(9,5)19-7;1-7(2)12-11(13(15)18-14(12)16)6-10-5-8(3)17-9(10)4;;;;;/h6H,1-5H3;5-6H,1-4H3;1H;;;;/q;;;;;;+1/p-1/b;11-6+;;;;;/t15-;;;;;;/m1....../s1. The quantitative estimate of drug-likeness (QED) is 0.133. The molecule has 0 amide bonds. The molecule has 0 saturated carbocycles. The molecule has 5 rings (SSSR count). The van der Waals surface area contributed by atoms with Crippen LogP contribution in [0, 0.1) is 50.4 Å². The number of halogens is 1. The average molecular weight is 1010 g/mol. The van der Waals surface area contributed by atoms with Crippen LogP contribution in [0.5, 0.6) is 0 Å². The Morgan fingerprint density at radius 3 is 2.00 bits per heavy atom. The van der Waals surface area contributed by atoms with Crippen molar-refractivity contribution < 1.29 is 98.7 Å². The average Bonchev–Trinajstić information content (AvgIpc) is 3.51. The summed E-state index contributed by atoms with van der Waals surface area (Å²) in [6, 6.07) is 1.82. The molecule has 0 bridgehead atoms. The molecule has 13 heteroatoms. The molecule has 1 radical (unpaired) electrons. The number of furan rings is 1. The van der Waals surface area contributed by atoms with E-state index in [0.717, 1.165) is 33.8 Å². The van der Waals surface area contributed by atoms with Crippen LogP contribution in [0.2, 0.25) is 0 Å². The van der Waals surface area contributed by atoms with Crippen LogP contribution >= 0.6 is 30.3 Å². The second-order valence-corrected chi connectivity index (χ2v) is 16.2. The molecule has 0 spiro atoms. The van der Waals surface area contributed by atoms with E-state index >= 15 is 0 Å². The predicted molar refractivity (Wildman–Crippen MR) is 155 cm³/mol. The molecule has 221 valence electrons. The van der Waals surface area contributed by atoms with Crippen molar-refractivity contribution in [3.05, 3.63) is 74.0 Å². The van der Waals surface area contributed by atoms with Crippen LogP contribution in [0.25, 0.3) is 6.08 Å². The van der Waals surface area contributed by atoms with Gasteiger partial charge in [-0.25, -0.2) is 19.2 Å². The fraction of sp³-hybridized carbons (Fsp3) is 0.379. The Morgan fingerprint density at radius 2 is 1.50 bits per heavy atom. The van der Waals surface area contributed by atoms with Gasteiger partial charge in [-0.05, 0) is 72.3 Å². The van der Waals surface area contributed by atoms with Gasteiger partial charge in [0.2, 0.25) is 0 Å². The van der Waals surface area contributed by atoms with Crippen molar-refractivity contribution >= 4 is 60.2 Å². The van der Waals surface area contributed by atoms with Gasteiger partial charge in [0, 0.05) is 66.2 Å². The van der Waals surface area contributed by atoms with Gasteiger partial charge < -0.3 is 18.6 Å². The number of hydrogen-bond acceptors (Lipinski definition) is 9. The van der Waals surface area contributed by atoms with Gasteiger partial charge in [0.25, 0.3) is 0 Å². The van der Waals surface area contributed by atoms with Crippen molar-refractivity contribution in [3.8, 4) is 0 Å². The first-order valence-corrected chi connectivity index (χ1v) is 18.9. The van der Waals surface area contributed by atoms with Crippen LogP contribution in [0.3, 0.4) is 0 Å². The Labute approximate surface area is 303 Å². The molecule has 0 N–H and O–H groups in total. The van der Waals surface area contributed by atoms with Crippen molar-refractivity contribution in [2.24, 2.45) is 5.41 Å². The van der Waals surface area contributed by atoms with E-state index in [1.807, 2.05) is 60.6 Å². The summed E-state index contributed by atoms with van der Waals surface area (Å²) in [5.41, 5.74) is 3.52. The molecule has 1 aromatic heterocycles. The molecular formula is C29H30IO8SUV2. The monoisotopic (exact) mass is 1010 g/mol. The zero-order chi connectivity index (χ0) is 30.3. The van der Waals surface area contributed by atoms with Gasteiger partial charge in [-0.2, -0.15) is 0 Å². The van der Waals surface area contributed by atoms with E-state index < -0.39 is 34.9 Å². The molecule has 1 fully saturated rings. The smallest absolute Gasteiger partial charge is 0 e. The van der Waals surface area contributed by atoms with Crippen LogP contribution in [-0.2, 0) is 63.1 Å². The van der Waals surface area contributed by atoms with E-state index in [2.05, 4.69) is 35.0 Å². The third-order valence-corrected chi connectivity index (χ3v) is 7.42. The number of fused-ring (bicyclic) bond motifs is 1. The molecule has 4 aliphatic rings. The SMILES string of the molecule is CC(C)=C1C(=O)OC(=O)/C1=C/c1cc(C)oc1C.CC1=CC2=C(C)C3=C(C(=O)OC3=O)C(C)(C)[C@]2(C)O1.[S]=[V][I].[U].[V]. The maximum absolute atomic E-state index is 12.0. The van der Waals surface area contributed by atoms with Gasteiger partial charge in [0.05, 0.1) is 28.1 Å². The van der Waals surface area contributed by atoms with Crippen molar-refractivity contribution in [1.29, 1.82) is 0 Å². The molecular weight excluding hydrogens is 975 g/mol. The van der Waals surface area contributed by atoms with Gasteiger partial charge in [-0.1, -0.05) is 19.4 Å². The minimum absolute atomic E-state index is 0. The van der Waals surface area contributed by atoms with Crippen molar-refractivity contribution in [2.45, 2.75) is 67.9 Å². The van der Waals surface area contributed by atoms with E-state index in [1.54, 1.807) is 19.9 Å². The third-order valence-electron chi connectivity index (χ3n) is 7.42. The van der Waals surface area contributed by atoms with Crippen molar-refractivity contribution in [2.75, 3.05) is 0 Å². The summed E-state index contributed by atoms with van der Waals surface area (Å²) >= 11 is 2.44. The first-order valence-electron chi connectivity index (χ1n) is 12.3. The molecule has 42 heavy (non-hydrogen) atoms. The molecule has 1 aliphatic carbocycles. The summed E-state index contributed by atoms with van der Waals surface area (Å²) in [5.74, 6) is -0.00242. The predicted octanol–water partition coefficient (Wildman–Crippen LogP) is 6.64. The summed E-state index contributed by atoms with van der Waals surface area (Å²) in [6.07, 6.45) is 3.58. The van der Waals surface area contributed by atoms with E-state index in [0.29, 0.717) is 28.1 Å². The Hall–Kier alpha value is -0.769. The number of aryl methyl sites for hydroxylation is 2. The Morgan fingerprint density at radius 1 is 0.952 bits per heavy atom. The van der Waals surface area contributed by atoms with Crippen LogP contribution in [-0.4, -0.2) is 29.5 Å². The number of carbonyl (C=O) groups excluding carboxylic acids is 4.